The number of nitrogens with zero attached hydrogens (tertiary/aromatic N) is 1. The summed E-state index contributed by atoms with van der Waals surface area (Å²) in [6, 6.07) is 13.1. The van der Waals surface area contributed by atoms with Crippen LogP contribution in [0, 0.1) is 11.7 Å². The van der Waals surface area contributed by atoms with Crippen LogP contribution in [-0.4, -0.2) is 29.3 Å². The third-order valence-corrected chi connectivity index (χ3v) is 4.67. The Kier molecular flexibility index (Phi) is 4.32. The minimum absolute atomic E-state index is 0.0755. The number of halogens is 1. The lowest BCUT2D eigenvalue weighted by molar-refractivity contribution is -0.128. The van der Waals surface area contributed by atoms with Crippen LogP contribution in [0.25, 0.3) is 0 Å². The summed E-state index contributed by atoms with van der Waals surface area (Å²) >= 11 is 0. The van der Waals surface area contributed by atoms with E-state index >= 15 is 0 Å². The van der Waals surface area contributed by atoms with Crippen LogP contribution in [-0.2, 0) is 9.59 Å². The zero-order valence-corrected chi connectivity index (χ0v) is 14.2. The number of ether oxygens (including phenoxy) is 1. The third-order valence-electron chi connectivity index (χ3n) is 4.67. The predicted molar refractivity (Wildman–Crippen MR) is 94.4 cm³/mol. The fourth-order valence-corrected chi connectivity index (χ4v) is 3.16. The molecule has 1 aliphatic carbocycles. The number of hydrogen-bond donors (Lipinski definition) is 1. The van der Waals surface area contributed by atoms with Crippen molar-refractivity contribution in [1.82, 2.24) is 4.90 Å². The zero-order chi connectivity index (χ0) is 18.1. The normalized spacial score (nSPS) is 19.5. The van der Waals surface area contributed by atoms with Gasteiger partial charge < -0.3 is 15.0 Å². The van der Waals surface area contributed by atoms with Gasteiger partial charge >= 0.3 is 0 Å². The average molecular weight is 354 g/mol. The maximum atomic E-state index is 13.2. The number of carbonyl (C=O) groups excluding carboxylic acids is 2. The summed E-state index contributed by atoms with van der Waals surface area (Å²) < 4.78 is 18.8. The second kappa shape index (κ2) is 6.78. The first kappa shape index (κ1) is 16.6. The van der Waals surface area contributed by atoms with Gasteiger partial charge in [-0.2, -0.15) is 0 Å². The van der Waals surface area contributed by atoms with E-state index in [0.717, 1.165) is 12.8 Å². The Labute approximate surface area is 150 Å². The van der Waals surface area contributed by atoms with Crippen molar-refractivity contribution >= 4 is 17.5 Å². The topological polar surface area (TPSA) is 58.6 Å². The summed E-state index contributed by atoms with van der Waals surface area (Å²) in [7, 11) is 0. The Balaban J connectivity index is 1.35. The minimum atomic E-state index is -0.363. The Morgan fingerprint density at radius 2 is 1.88 bits per heavy atom. The van der Waals surface area contributed by atoms with Crippen LogP contribution < -0.4 is 10.1 Å². The van der Waals surface area contributed by atoms with E-state index in [1.807, 2.05) is 4.90 Å². The summed E-state index contributed by atoms with van der Waals surface area (Å²) in [5.41, 5.74) is 0.638. The standard InChI is InChI=1S/C20H19FN2O3/c21-14-2-1-3-18(11-14)26-17-8-4-15(5-9-17)22-20(25)13-10-19(24)23(12-13)16-6-7-16/h1-5,8-9,11,13,16H,6-7,10,12H2,(H,22,25)/t13-/m1/s1. The maximum absolute atomic E-state index is 13.2. The van der Waals surface area contributed by atoms with E-state index in [0.29, 0.717) is 29.8 Å². The number of likely N-dealkylation sites (tertiary alicyclic amines) is 1. The lowest BCUT2D eigenvalue weighted by Crippen LogP contribution is -2.29. The smallest absolute Gasteiger partial charge is 0.229 e. The molecule has 1 atom stereocenters. The van der Waals surface area contributed by atoms with Crippen LogP contribution in [0.15, 0.2) is 48.5 Å². The number of amides is 2. The molecule has 2 aliphatic rings. The number of nitrogens with one attached hydrogen (secondary N) is 1. The molecular formula is C20H19FN2O3. The molecule has 2 aromatic carbocycles. The van der Waals surface area contributed by atoms with Crippen molar-refractivity contribution < 1.29 is 18.7 Å². The highest BCUT2D eigenvalue weighted by Crippen LogP contribution is 2.33. The van der Waals surface area contributed by atoms with Crippen molar-refractivity contribution in [3.63, 3.8) is 0 Å². The molecule has 2 fully saturated rings. The monoisotopic (exact) mass is 354 g/mol. The van der Waals surface area contributed by atoms with Crippen molar-refractivity contribution in [1.29, 1.82) is 0 Å². The van der Waals surface area contributed by atoms with E-state index in [-0.39, 0.29) is 30.0 Å². The van der Waals surface area contributed by atoms with Crippen molar-refractivity contribution in [3.05, 3.63) is 54.3 Å². The van der Waals surface area contributed by atoms with Crippen LogP contribution in [0.4, 0.5) is 10.1 Å². The van der Waals surface area contributed by atoms with Gasteiger partial charge in [-0.1, -0.05) is 6.07 Å². The Hall–Kier alpha value is -2.89. The van der Waals surface area contributed by atoms with Gasteiger partial charge in [0.05, 0.1) is 5.92 Å². The van der Waals surface area contributed by atoms with Gasteiger partial charge in [0.2, 0.25) is 11.8 Å². The van der Waals surface area contributed by atoms with Crippen LogP contribution >= 0.6 is 0 Å². The molecule has 0 bridgehead atoms. The maximum Gasteiger partial charge on any atom is 0.229 e. The molecule has 2 amide bonds. The van der Waals surface area contributed by atoms with Crippen molar-refractivity contribution in [2.45, 2.75) is 25.3 Å². The number of anilines is 1. The third kappa shape index (κ3) is 3.69. The molecule has 1 heterocycles. The van der Waals surface area contributed by atoms with E-state index < -0.39 is 0 Å². The minimum Gasteiger partial charge on any atom is -0.457 e. The number of carbonyl (C=O) groups is 2. The highest BCUT2D eigenvalue weighted by molar-refractivity contribution is 5.97. The first-order chi connectivity index (χ1) is 12.6. The molecule has 1 saturated carbocycles. The molecule has 0 aromatic heterocycles. The molecular weight excluding hydrogens is 335 g/mol. The fourth-order valence-electron chi connectivity index (χ4n) is 3.16. The number of rotatable bonds is 5. The van der Waals surface area contributed by atoms with E-state index in [1.54, 1.807) is 36.4 Å². The molecule has 4 rings (SSSR count). The molecule has 6 heteroatoms. The van der Waals surface area contributed by atoms with E-state index in [4.69, 9.17) is 4.74 Å². The molecule has 1 saturated heterocycles. The van der Waals surface area contributed by atoms with Gasteiger partial charge in [0.1, 0.15) is 17.3 Å². The Bertz CT molecular complexity index is 833. The van der Waals surface area contributed by atoms with Crippen LogP contribution in [0.3, 0.4) is 0 Å². The van der Waals surface area contributed by atoms with E-state index in [1.165, 1.54) is 12.1 Å². The van der Waals surface area contributed by atoms with Crippen LogP contribution in [0.5, 0.6) is 11.5 Å². The highest BCUT2D eigenvalue weighted by Gasteiger charge is 2.41. The molecule has 26 heavy (non-hydrogen) atoms. The molecule has 0 radical (unpaired) electrons. The lowest BCUT2D eigenvalue weighted by Gasteiger charge is -2.15. The molecule has 0 spiro atoms. The van der Waals surface area contributed by atoms with Gasteiger partial charge in [0.15, 0.2) is 0 Å². The Morgan fingerprint density at radius 1 is 1.12 bits per heavy atom. The average Bonchev–Trinajstić information content (AvgIpc) is 3.38. The molecule has 5 nitrogen and oxygen atoms in total. The van der Waals surface area contributed by atoms with Crippen LogP contribution in [0.2, 0.25) is 0 Å². The van der Waals surface area contributed by atoms with E-state index in [9.17, 15) is 14.0 Å². The number of benzene rings is 2. The summed E-state index contributed by atoms with van der Waals surface area (Å²) in [6.07, 6.45) is 2.38. The molecule has 1 N–H and O–H groups in total. The predicted octanol–water partition coefficient (Wildman–Crippen LogP) is 3.57. The van der Waals surface area contributed by atoms with Gasteiger partial charge in [0.25, 0.3) is 0 Å². The molecule has 0 unspecified atom stereocenters. The van der Waals surface area contributed by atoms with Crippen molar-refractivity contribution in [3.8, 4) is 11.5 Å². The van der Waals surface area contributed by atoms with Gasteiger partial charge in [0, 0.05) is 30.8 Å². The van der Waals surface area contributed by atoms with Gasteiger partial charge in [-0.25, -0.2) is 4.39 Å². The summed E-state index contributed by atoms with van der Waals surface area (Å²) in [5, 5.41) is 2.85. The van der Waals surface area contributed by atoms with Gasteiger partial charge in [-0.05, 0) is 49.2 Å². The summed E-state index contributed by atoms with van der Waals surface area (Å²) in [4.78, 5) is 26.2. The SMILES string of the molecule is O=C(Nc1ccc(Oc2cccc(F)c2)cc1)[C@@H]1CC(=O)N(C2CC2)C1. The second-order valence-electron chi connectivity index (χ2n) is 6.75. The van der Waals surface area contributed by atoms with Crippen molar-refractivity contribution in [2.75, 3.05) is 11.9 Å². The summed E-state index contributed by atoms with van der Waals surface area (Å²) in [6.45, 7) is 0.510. The first-order valence-electron chi connectivity index (χ1n) is 8.72. The van der Waals surface area contributed by atoms with E-state index in [2.05, 4.69) is 5.32 Å². The highest BCUT2D eigenvalue weighted by atomic mass is 19.1. The molecule has 1 aliphatic heterocycles. The zero-order valence-electron chi connectivity index (χ0n) is 14.2. The van der Waals surface area contributed by atoms with Gasteiger partial charge in [-0.15, -0.1) is 0 Å². The number of hydrogen-bond acceptors (Lipinski definition) is 3. The van der Waals surface area contributed by atoms with Gasteiger partial charge in [-0.3, -0.25) is 9.59 Å². The largest absolute Gasteiger partial charge is 0.457 e. The summed E-state index contributed by atoms with van der Waals surface area (Å²) in [5.74, 6) is 0.229. The molecule has 2 aromatic rings. The Morgan fingerprint density at radius 3 is 2.58 bits per heavy atom. The lowest BCUT2D eigenvalue weighted by atomic mass is 10.1. The fraction of sp³-hybridized carbons (Fsp3) is 0.300. The molecule has 134 valence electrons. The van der Waals surface area contributed by atoms with Crippen molar-refractivity contribution in [2.24, 2.45) is 5.92 Å². The van der Waals surface area contributed by atoms with Crippen LogP contribution in [0.1, 0.15) is 19.3 Å². The first-order valence-corrected chi connectivity index (χ1v) is 8.72. The quantitative estimate of drug-likeness (QED) is 0.893. The second-order valence-corrected chi connectivity index (χ2v) is 6.75.